The normalized spacial score (nSPS) is 20.1. The molecule has 0 aromatic heterocycles. The maximum atomic E-state index is 13.0. The lowest BCUT2D eigenvalue weighted by atomic mass is 10.1. The largest absolute Gasteiger partial charge is 0.491 e. The highest BCUT2D eigenvalue weighted by Crippen LogP contribution is 2.16. The molecule has 0 spiro atoms. The van der Waals surface area contributed by atoms with Gasteiger partial charge in [-0.1, -0.05) is 12.1 Å². The smallest absolute Gasteiger partial charge is 0.119 e. The van der Waals surface area contributed by atoms with Crippen molar-refractivity contribution < 1.29 is 9.13 Å². The van der Waals surface area contributed by atoms with Gasteiger partial charge in [0.25, 0.3) is 0 Å². The lowest BCUT2D eigenvalue weighted by molar-refractivity contribution is 0.242. The Morgan fingerprint density at radius 1 is 1.32 bits per heavy atom. The first-order valence-electron chi connectivity index (χ1n) is 7.25. The van der Waals surface area contributed by atoms with E-state index in [1.807, 2.05) is 26.0 Å². The predicted molar refractivity (Wildman–Crippen MR) is 76.5 cm³/mol. The average molecular weight is 265 g/mol. The van der Waals surface area contributed by atoms with E-state index < -0.39 is 6.17 Å². The van der Waals surface area contributed by atoms with Crippen LogP contribution in [0, 0.1) is 0 Å². The molecule has 19 heavy (non-hydrogen) atoms. The van der Waals surface area contributed by atoms with Crippen molar-refractivity contribution >= 4 is 0 Å². The first-order chi connectivity index (χ1) is 9.13. The summed E-state index contributed by atoms with van der Waals surface area (Å²) in [5, 5.41) is 0. The van der Waals surface area contributed by atoms with Gasteiger partial charge in [0.1, 0.15) is 11.9 Å². The molecule has 2 nitrogen and oxygen atoms in total. The van der Waals surface area contributed by atoms with Gasteiger partial charge in [-0.05, 0) is 57.4 Å². The van der Waals surface area contributed by atoms with Gasteiger partial charge in [-0.25, -0.2) is 4.39 Å². The molecule has 0 bridgehead atoms. The van der Waals surface area contributed by atoms with Crippen LogP contribution in [0.3, 0.4) is 0 Å². The second-order valence-electron chi connectivity index (χ2n) is 5.60. The molecule has 1 saturated heterocycles. The summed E-state index contributed by atoms with van der Waals surface area (Å²) in [5.41, 5.74) is 1.33. The standard InChI is InChI=1S/C16H24FNO/c1-13(2)19-16-7-5-14(6-8-16)4-3-10-18-11-9-15(17)12-18/h5-8,13,15H,3-4,9-12H2,1-2H3. The van der Waals surface area contributed by atoms with Crippen LogP contribution >= 0.6 is 0 Å². The fourth-order valence-electron chi connectivity index (χ4n) is 2.50. The van der Waals surface area contributed by atoms with Gasteiger partial charge in [0, 0.05) is 13.1 Å². The van der Waals surface area contributed by atoms with Gasteiger partial charge in [-0.2, -0.15) is 0 Å². The second kappa shape index (κ2) is 6.90. The van der Waals surface area contributed by atoms with E-state index in [1.54, 1.807) is 0 Å². The maximum Gasteiger partial charge on any atom is 0.119 e. The zero-order chi connectivity index (χ0) is 13.7. The number of aryl methyl sites for hydroxylation is 1. The van der Waals surface area contributed by atoms with E-state index in [0.717, 1.165) is 31.7 Å². The van der Waals surface area contributed by atoms with Crippen LogP contribution in [0.2, 0.25) is 0 Å². The van der Waals surface area contributed by atoms with Crippen LogP contribution in [0.4, 0.5) is 4.39 Å². The van der Waals surface area contributed by atoms with E-state index in [-0.39, 0.29) is 6.10 Å². The summed E-state index contributed by atoms with van der Waals surface area (Å²) < 4.78 is 18.6. The number of hydrogen-bond donors (Lipinski definition) is 0. The van der Waals surface area contributed by atoms with Crippen molar-refractivity contribution in [1.82, 2.24) is 4.90 Å². The number of likely N-dealkylation sites (tertiary alicyclic amines) is 1. The van der Waals surface area contributed by atoms with E-state index >= 15 is 0 Å². The number of hydrogen-bond acceptors (Lipinski definition) is 2. The summed E-state index contributed by atoms with van der Waals surface area (Å²) in [6.07, 6.45) is 2.47. The number of halogens is 1. The molecule has 106 valence electrons. The van der Waals surface area contributed by atoms with Crippen molar-refractivity contribution in [1.29, 1.82) is 0 Å². The highest BCUT2D eigenvalue weighted by atomic mass is 19.1. The van der Waals surface area contributed by atoms with Gasteiger partial charge >= 0.3 is 0 Å². The summed E-state index contributed by atoms with van der Waals surface area (Å²) in [5.74, 6) is 0.929. The maximum absolute atomic E-state index is 13.0. The zero-order valence-corrected chi connectivity index (χ0v) is 11.9. The quantitative estimate of drug-likeness (QED) is 0.781. The number of nitrogens with zero attached hydrogens (tertiary/aromatic N) is 1. The molecule has 0 saturated carbocycles. The van der Waals surface area contributed by atoms with Crippen LogP contribution in [0.25, 0.3) is 0 Å². The molecule has 1 atom stereocenters. The molecule has 0 aliphatic carbocycles. The third-order valence-electron chi connectivity index (χ3n) is 3.45. The van der Waals surface area contributed by atoms with Gasteiger partial charge in [0.2, 0.25) is 0 Å². The van der Waals surface area contributed by atoms with Crippen LogP contribution in [0.5, 0.6) is 5.75 Å². The van der Waals surface area contributed by atoms with Gasteiger partial charge in [0.05, 0.1) is 6.10 Å². The number of benzene rings is 1. The van der Waals surface area contributed by atoms with Crippen molar-refractivity contribution in [2.24, 2.45) is 0 Å². The van der Waals surface area contributed by atoms with Crippen molar-refractivity contribution in [2.45, 2.75) is 45.4 Å². The van der Waals surface area contributed by atoms with E-state index in [0.29, 0.717) is 13.0 Å². The summed E-state index contributed by atoms with van der Waals surface area (Å²) in [6, 6.07) is 8.31. The third kappa shape index (κ3) is 4.83. The zero-order valence-electron chi connectivity index (χ0n) is 11.9. The Hall–Kier alpha value is -1.09. The molecule has 1 aliphatic heterocycles. The summed E-state index contributed by atoms with van der Waals surface area (Å²) in [4.78, 5) is 2.22. The highest BCUT2D eigenvalue weighted by Gasteiger charge is 2.20. The van der Waals surface area contributed by atoms with E-state index in [9.17, 15) is 4.39 Å². The third-order valence-corrected chi connectivity index (χ3v) is 3.45. The average Bonchev–Trinajstić information content (AvgIpc) is 2.77. The first kappa shape index (κ1) is 14.3. The molecule has 1 unspecified atom stereocenters. The Morgan fingerprint density at radius 3 is 2.63 bits per heavy atom. The molecule has 0 N–H and O–H groups in total. The van der Waals surface area contributed by atoms with Gasteiger partial charge in [-0.15, -0.1) is 0 Å². The second-order valence-corrected chi connectivity index (χ2v) is 5.60. The minimum absolute atomic E-state index is 0.217. The molecule has 0 radical (unpaired) electrons. The van der Waals surface area contributed by atoms with Crippen LogP contribution < -0.4 is 4.74 Å². The Bertz CT molecular complexity index is 377. The summed E-state index contributed by atoms with van der Waals surface area (Å²) in [7, 11) is 0. The molecule has 1 aliphatic rings. The highest BCUT2D eigenvalue weighted by molar-refractivity contribution is 5.27. The topological polar surface area (TPSA) is 12.5 Å². The van der Waals surface area contributed by atoms with Crippen molar-refractivity contribution in [3.05, 3.63) is 29.8 Å². The Kier molecular flexibility index (Phi) is 5.20. The fourth-order valence-corrected chi connectivity index (χ4v) is 2.50. The van der Waals surface area contributed by atoms with Gasteiger partial charge < -0.3 is 9.64 Å². The molecular formula is C16H24FNO. The van der Waals surface area contributed by atoms with Crippen LogP contribution in [-0.4, -0.2) is 36.8 Å². The van der Waals surface area contributed by atoms with Crippen LogP contribution in [-0.2, 0) is 6.42 Å². The molecule has 1 aromatic carbocycles. The molecule has 2 rings (SSSR count). The minimum Gasteiger partial charge on any atom is -0.491 e. The fraction of sp³-hybridized carbons (Fsp3) is 0.625. The first-order valence-corrected chi connectivity index (χ1v) is 7.25. The lowest BCUT2D eigenvalue weighted by Gasteiger charge is -2.14. The number of alkyl halides is 1. The molecule has 1 heterocycles. The summed E-state index contributed by atoms with van der Waals surface area (Å²) in [6.45, 7) is 6.61. The Balaban J connectivity index is 1.71. The van der Waals surface area contributed by atoms with Crippen molar-refractivity contribution in [2.75, 3.05) is 19.6 Å². The molecule has 3 heteroatoms. The SMILES string of the molecule is CC(C)Oc1ccc(CCCN2CCC(F)C2)cc1. The van der Waals surface area contributed by atoms with E-state index in [2.05, 4.69) is 17.0 Å². The number of ether oxygens (including phenoxy) is 1. The monoisotopic (exact) mass is 265 g/mol. The Morgan fingerprint density at radius 2 is 2.05 bits per heavy atom. The minimum atomic E-state index is -0.604. The summed E-state index contributed by atoms with van der Waals surface area (Å²) >= 11 is 0. The van der Waals surface area contributed by atoms with Crippen LogP contribution in [0.1, 0.15) is 32.3 Å². The molecule has 0 amide bonds. The number of rotatable bonds is 6. The predicted octanol–water partition coefficient (Wildman–Crippen LogP) is 3.45. The molecular weight excluding hydrogens is 241 g/mol. The Labute approximate surface area is 115 Å². The molecule has 1 fully saturated rings. The molecule has 1 aromatic rings. The van der Waals surface area contributed by atoms with Crippen molar-refractivity contribution in [3.8, 4) is 5.75 Å². The van der Waals surface area contributed by atoms with E-state index in [4.69, 9.17) is 4.74 Å². The van der Waals surface area contributed by atoms with E-state index in [1.165, 1.54) is 5.56 Å². The van der Waals surface area contributed by atoms with Gasteiger partial charge in [0.15, 0.2) is 0 Å². The van der Waals surface area contributed by atoms with Crippen LogP contribution in [0.15, 0.2) is 24.3 Å². The van der Waals surface area contributed by atoms with Crippen molar-refractivity contribution in [3.63, 3.8) is 0 Å². The lowest BCUT2D eigenvalue weighted by Crippen LogP contribution is -2.22. The van der Waals surface area contributed by atoms with Gasteiger partial charge in [-0.3, -0.25) is 0 Å².